The zero-order chi connectivity index (χ0) is 26.9. The second kappa shape index (κ2) is 8.01. The van der Waals surface area contributed by atoms with E-state index in [0.717, 1.165) is 44.6 Å². The maximum Gasteiger partial charge on any atom is 0.229 e. The first-order chi connectivity index (χ1) is 19.5. The Morgan fingerprint density at radius 3 is 2.95 bits per heavy atom. The van der Waals surface area contributed by atoms with Gasteiger partial charge in [-0.2, -0.15) is 0 Å². The highest BCUT2D eigenvalue weighted by Crippen LogP contribution is 2.76. The first-order valence-electron chi connectivity index (χ1n) is 15.5. The number of aromatic hydroxyl groups is 1. The number of likely N-dealkylation sites (tertiary alicyclic amines) is 1. The van der Waals surface area contributed by atoms with Crippen LogP contribution in [0.4, 0.5) is 0 Å². The fourth-order valence-electron chi connectivity index (χ4n) is 10.8. The summed E-state index contributed by atoms with van der Waals surface area (Å²) < 4.78 is 13.5. The maximum absolute atomic E-state index is 13.6. The van der Waals surface area contributed by atoms with Crippen LogP contribution in [0.1, 0.15) is 49.7 Å². The summed E-state index contributed by atoms with van der Waals surface area (Å²) in [6, 6.07) is 4.53. The van der Waals surface area contributed by atoms with Crippen molar-refractivity contribution in [2.75, 3.05) is 26.7 Å². The molecule has 0 radical (unpaired) electrons. The van der Waals surface area contributed by atoms with E-state index in [1.165, 1.54) is 30.5 Å². The van der Waals surface area contributed by atoms with E-state index in [9.17, 15) is 9.90 Å². The van der Waals surface area contributed by atoms with Gasteiger partial charge in [0.15, 0.2) is 11.5 Å². The van der Waals surface area contributed by atoms with Crippen LogP contribution in [-0.2, 0) is 21.4 Å². The molecule has 10 rings (SSSR count). The molecule has 4 bridgehead atoms. The molecule has 9 aliphatic rings. The van der Waals surface area contributed by atoms with Crippen molar-refractivity contribution < 1.29 is 19.4 Å². The number of rotatable bonds is 6. The van der Waals surface area contributed by atoms with Gasteiger partial charge in [-0.1, -0.05) is 30.4 Å². The Morgan fingerprint density at radius 1 is 1.23 bits per heavy atom. The minimum Gasteiger partial charge on any atom is -0.504 e. The molecule has 9 atom stereocenters. The lowest BCUT2D eigenvalue weighted by Gasteiger charge is -2.74. The number of hydrogen-bond donors (Lipinski definition) is 2. The molecular weight excluding hydrogens is 502 g/mol. The summed E-state index contributed by atoms with van der Waals surface area (Å²) in [5.74, 6) is 1.89. The van der Waals surface area contributed by atoms with Crippen molar-refractivity contribution in [1.29, 1.82) is 0 Å². The highest BCUT2D eigenvalue weighted by atomic mass is 16.6. The topological polar surface area (TPSA) is 83.4 Å². The predicted octanol–water partition coefficient (Wildman–Crippen LogP) is 3.54. The number of phenolic OH excluding ortho intramolecular Hbond substituents is 1. The van der Waals surface area contributed by atoms with E-state index in [2.05, 4.69) is 33.4 Å². The van der Waals surface area contributed by atoms with Crippen molar-refractivity contribution in [2.24, 2.45) is 34.1 Å². The van der Waals surface area contributed by atoms with E-state index in [1.54, 1.807) is 0 Å². The van der Waals surface area contributed by atoms with E-state index in [-0.39, 0.29) is 52.4 Å². The summed E-state index contributed by atoms with van der Waals surface area (Å²) >= 11 is 0. The van der Waals surface area contributed by atoms with Gasteiger partial charge in [-0.05, 0) is 69.0 Å². The molecule has 1 amide bonds. The number of methoxy groups -OCH3 is 1. The molecular formula is C33H39N3O4. The van der Waals surface area contributed by atoms with Gasteiger partial charge in [-0.15, -0.1) is 0 Å². The molecule has 1 saturated heterocycles. The third-order valence-corrected chi connectivity index (χ3v) is 12.6. The van der Waals surface area contributed by atoms with Crippen LogP contribution in [0, 0.1) is 29.1 Å². The van der Waals surface area contributed by atoms with Gasteiger partial charge < -0.3 is 19.9 Å². The van der Waals surface area contributed by atoms with Gasteiger partial charge >= 0.3 is 0 Å². The lowest BCUT2D eigenvalue weighted by molar-refractivity contribution is -0.276. The molecule has 4 saturated carbocycles. The lowest BCUT2D eigenvalue weighted by atomic mass is 9.35. The summed E-state index contributed by atoms with van der Waals surface area (Å²) in [7, 11) is 1.84. The Morgan fingerprint density at radius 2 is 2.10 bits per heavy atom. The lowest BCUT2D eigenvalue weighted by Crippen LogP contribution is -2.81. The van der Waals surface area contributed by atoms with Crippen molar-refractivity contribution in [3.63, 3.8) is 0 Å². The zero-order valence-electron chi connectivity index (χ0n) is 23.2. The molecule has 6 aliphatic carbocycles. The van der Waals surface area contributed by atoms with Crippen LogP contribution in [0.25, 0.3) is 0 Å². The molecule has 7 heteroatoms. The van der Waals surface area contributed by atoms with Gasteiger partial charge in [0, 0.05) is 60.7 Å². The minimum absolute atomic E-state index is 0.0589. The largest absolute Gasteiger partial charge is 0.504 e. The Labute approximate surface area is 235 Å². The number of amides is 1. The molecule has 5 fully saturated rings. The number of hydrogen-bond acceptors (Lipinski definition) is 6. The Hall–Kier alpha value is -2.64. The Kier molecular flexibility index (Phi) is 4.80. The number of nitrogens with zero attached hydrogens (tertiary/aromatic N) is 2. The zero-order valence-corrected chi connectivity index (χ0v) is 23.2. The number of allylic oxidation sites excluding steroid dienone is 2. The van der Waals surface area contributed by atoms with Crippen molar-refractivity contribution in [3.05, 3.63) is 47.6 Å². The number of nitrogens with one attached hydrogen (secondary N) is 1. The number of ether oxygens (including phenoxy) is 2. The van der Waals surface area contributed by atoms with Crippen LogP contribution >= 0.6 is 0 Å². The predicted molar refractivity (Wildman–Crippen MR) is 151 cm³/mol. The van der Waals surface area contributed by atoms with E-state index in [1.807, 2.05) is 31.5 Å². The van der Waals surface area contributed by atoms with Gasteiger partial charge in [0.25, 0.3) is 0 Å². The monoisotopic (exact) mass is 541 g/mol. The van der Waals surface area contributed by atoms with Gasteiger partial charge in [-0.3, -0.25) is 14.7 Å². The van der Waals surface area contributed by atoms with Crippen LogP contribution in [0.2, 0.25) is 0 Å². The second-order valence-electron chi connectivity index (χ2n) is 13.9. The van der Waals surface area contributed by atoms with Crippen LogP contribution in [0.3, 0.4) is 0 Å². The summed E-state index contributed by atoms with van der Waals surface area (Å²) in [5, 5.41) is 14.4. The highest BCUT2D eigenvalue weighted by molar-refractivity contribution is 5.95. The molecule has 0 aromatic heterocycles. The van der Waals surface area contributed by atoms with Crippen molar-refractivity contribution in [1.82, 2.24) is 10.2 Å². The van der Waals surface area contributed by atoms with Crippen molar-refractivity contribution in [2.45, 2.75) is 74.1 Å². The third-order valence-electron chi connectivity index (χ3n) is 12.6. The maximum atomic E-state index is 13.6. The average Bonchev–Trinajstić information content (AvgIpc) is 3.56. The molecule has 7 nitrogen and oxygen atoms in total. The summed E-state index contributed by atoms with van der Waals surface area (Å²) in [4.78, 5) is 21.0. The van der Waals surface area contributed by atoms with E-state index >= 15 is 0 Å². The number of piperidine rings is 1. The molecule has 210 valence electrons. The molecule has 40 heavy (non-hydrogen) atoms. The Balaban J connectivity index is 1.09. The van der Waals surface area contributed by atoms with E-state index < -0.39 is 5.60 Å². The smallest absolute Gasteiger partial charge is 0.229 e. The molecule has 3 aliphatic heterocycles. The quantitative estimate of drug-likeness (QED) is 0.576. The standard InChI is InChI=1S/C33H39N3O4/c1-39-33-11-10-31(15-21(33)16-35-29(38)23-17-34-24-5-3-2-4-22(23)24)26-14-20-8-9-25(37)28-27(20)32(31,30(33)40-28)12-13-36(26)18-19-6-7-19/h2-5,8-9,17,19,21-24,26,30,37H,6-7,10-16,18H2,1H3,(H,35,38)/t21-,22?,23?,24?,26-,30-,31-,32+,33-/m1/s1. The molecule has 3 heterocycles. The number of carbonyl (C=O) groups excluding carboxylic acids is 1. The van der Waals surface area contributed by atoms with Crippen molar-refractivity contribution in [3.8, 4) is 11.5 Å². The van der Waals surface area contributed by atoms with Gasteiger partial charge in [-0.25, -0.2) is 0 Å². The second-order valence-corrected chi connectivity index (χ2v) is 13.9. The number of aliphatic imine (C=N–C) groups is 1. The first-order valence-corrected chi connectivity index (χ1v) is 15.5. The summed E-state index contributed by atoms with van der Waals surface area (Å²) in [6.45, 7) is 2.87. The minimum atomic E-state index is -0.502. The highest BCUT2D eigenvalue weighted by Gasteiger charge is 2.80. The molecule has 1 aromatic rings. The van der Waals surface area contributed by atoms with Gasteiger partial charge in [0.1, 0.15) is 11.7 Å². The van der Waals surface area contributed by atoms with Crippen molar-refractivity contribution >= 4 is 12.1 Å². The number of fused-ring (bicyclic) bond motifs is 3. The van der Waals surface area contributed by atoms with Crippen LogP contribution in [0.15, 0.2) is 41.4 Å². The third kappa shape index (κ3) is 2.79. The Bertz CT molecular complexity index is 1380. The number of carbonyl (C=O) groups is 1. The molecule has 1 aromatic carbocycles. The van der Waals surface area contributed by atoms with E-state index in [4.69, 9.17) is 9.47 Å². The fraction of sp³-hybridized carbons (Fsp3) is 0.636. The van der Waals surface area contributed by atoms with Gasteiger partial charge in [0.05, 0.1) is 12.0 Å². The van der Waals surface area contributed by atoms with Gasteiger partial charge in [0.2, 0.25) is 5.91 Å². The fourth-order valence-corrected chi connectivity index (χ4v) is 10.8. The number of phenols is 1. The average molecular weight is 542 g/mol. The van der Waals surface area contributed by atoms with E-state index in [0.29, 0.717) is 18.3 Å². The van der Waals surface area contributed by atoms with Crippen LogP contribution in [-0.4, -0.2) is 72.7 Å². The first kappa shape index (κ1) is 24.0. The molecule has 2 N–H and O–H groups in total. The summed E-state index contributed by atoms with van der Waals surface area (Å²) in [6.07, 6.45) is 17.8. The molecule has 2 spiro atoms. The SMILES string of the molecule is CO[C@]12CC[C@@]3(C[C@@H]1CNC(=O)C1C=NC4C=CC=CC41)[C@H]1Cc4ccc(O)c5c4[C@@]3(CCN1CC1CC1)[C@H]2O5. The molecule has 3 unspecified atom stereocenters. The van der Waals surface area contributed by atoms with Crippen LogP contribution < -0.4 is 10.1 Å². The summed E-state index contributed by atoms with van der Waals surface area (Å²) in [5.41, 5.74) is 2.06. The number of benzene rings is 1. The normalized spacial score (nSPS) is 44.8. The van der Waals surface area contributed by atoms with Crippen LogP contribution in [0.5, 0.6) is 11.5 Å².